The molecule has 4 unspecified atom stereocenters. The molecule has 6 heteroatoms. The zero-order valence-corrected chi connectivity index (χ0v) is 26.0. The molecule has 1 aromatic carbocycles. The molecule has 0 fully saturated rings. The van der Waals surface area contributed by atoms with E-state index in [9.17, 15) is 4.79 Å². The number of nitrogens with zero attached hydrogens (tertiary/aromatic N) is 1. The number of fused-ring (bicyclic) bond motifs is 1. The van der Waals surface area contributed by atoms with Crippen LogP contribution in [0.25, 0.3) is 0 Å². The van der Waals surface area contributed by atoms with Crippen molar-refractivity contribution in [2.45, 2.75) is 65.7 Å². The molecule has 1 N–H and O–H groups in total. The molecule has 3 nitrogen and oxygen atoms in total. The smallest absolute Gasteiger partial charge is 0.251 e. The number of aryl methyl sites for hydroxylation is 1. The second-order valence-corrected chi connectivity index (χ2v) is 12.9. The van der Waals surface area contributed by atoms with Crippen molar-refractivity contribution in [3.8, 4) is 0 Å². The number of rotatable bonds is 11. The predicted molar refractivity (Wildman–Crippen MR) is 171 cm³/mol. The summed E-state index contributed by atoms with van der Waals surface area (Å²) in [7, 11) is 0.549. The Morgan fingerprint density at radius 3 is 2.73 bits per heavy atom. The Kier molecular flexibility index (Phi) is 11.0. The van der Waals surface area contributed by atoms with Crippen LogP contribution in [0.3, 0.4) is 0 Å². The van der Waals surface area contributed by atoms with Crippen LogP contribution in [0.1, 0.15) is 69.9 Å². The lowest BCUT2D eigenvalue weighted by molar-refractivity contribution is -0.117. The van der Waals surface area contributed by atoms with Gasteiger partial charge >= 0.3 is 0 Å². The van der Waals surface area contributed by atoms with Gasteiger partial charge in [-0.05, 0) is 94.3 Å². The maximum Gasteiger partial charge on any atom is 0.251 e. The van der Waals surface area contributed by atoms with Gasteiger partial charge in [-0.1, -0.05) is 86.9 Å². The van der Waals surface area contributed by atoms with E-state index < -0.39 is 0 Å². The lowest BCUT2D eigenvalue weighted by atomic mass is 9.69. The minimum atomic E-state index is -0.110. The normalized spacial score (nSPS) is 20.4. The molecule has 0 radical (unpaired) electrons. The fraction of sp³-hybridized carbons (Fsp3) is 0.441. The number of hydrogen-bond acceptors (Lipinski definition) is 2. The number of hydrogen-bond donors (Lipinski definition) is 1. The van der Waals surface area contributed by atoms with E-state index in [1.807, 2.05) is 31.2 Å². The molecule has 2 aliphatic carbocycles. The highest BCUT2D eigenvalue weighted by Gasteiger charge is 2.41. The van der Waals surface area contributed by atoms with E-state index in [-0.39, 0.29) is 29.5 Å². The maximum absolute atomic E-state index is 15.5. The van der Waals surface area contributed by atoms with Gasteiger partial charge < -0.3 is 9.99 Å². The average Bonchev–Trinajstić information content (AvgIpc) is 3.08. The number of benzene rings is 1. The van der Waals surface area contributed by atoms with Crippen LogP contribution >= 0.6 is 20.3 Å². The Hall–Kier alpha value is -2.42. The van der Waals surface area contributed by atoms with Gasteiger partial charge in [0.2, 0.25) is 0 Å². The van der Waals surface area contributed by atoms with Crippen molar-refractivity contribution < 1.29 is 9.18 Å². The zero-order chi connectivity index (χ0) is 28.6. The monoisotopic (exact) mass is 580 g/mol. The Bertz CT molecular complexity index is 1270. The van der Waals surface area contributed by atoms with Crippen LogP contribution in [-0.4, -0.2) is 25.2 Å². The minimum absolute atomic E-state index is 0.0267. The number of anilines is 1. The van der Waals surface area contributed by atoms with Crippen molar-refractivity contribution in [3.63, 3.8) is 0 Å². The third-order valence-corrected chi connectivity index (χ3v) is 9.37. The molecular formula is C34H43ClFN2OP. The van der Waals surface area contributed by atoms with Crippen LogP contribution in [0.5, 0.6) is 0 Å². The van der Waals surface area contributed by atoms with Crippen LogP contribution in [0, 0.1) is 24.6 Å². The van der Waals surface area contributed by atoms with Crippen LogP contribution in [0.4, 0.5) is 10.1 Å². The third-order valence-electron chi connectivity index (χ3n) is 7.99. The van der Waals surface area contributed by atoms with E-state index in [0.29, 0.717) is 20.8 Å². The Morgan fingerprint density at radius 2 is 1.98 bits per heavy atom. The fourth-order valence-electron chi connectivity index (χ4n) is 6.28. The van der Waals surface area contributed by atoms with Gasteiger partial charge in [-0.25, -0.2) is 4.39 Å². The molecule has 40 heavy (non-hydrogen) atoms. The molecule has 4 atom stereocenters. The van der Waals surface area contributed by atoms with Crippen molar-refractivity contribution in [1.82, 2.24) is 5.32 Å². The number of carbonyl (C=O) groups excluding carboxylic acids is 1. The summed E-state index contributed by atoms with van der Waals surface area (Å²) in [5.74, 6) is 0.408. The first kappa shape index (κ1) is 30.5. The summed E-state index contributed by atoms with van der Waals surface area (Å²) in [4.78, 5) is 12.7. The largest absolute Gasteiger partial charge is 0.352 e. The van der Waals surface area contributed by atoms with E-state index in [2.05, 4.69) is 61.1 Å². The highest BCUT2D eigenvalue weighted by molar-refractivity contribution is 7.40. The third kappa shape index (κ3) is 7.07. The zero-order valence-electron chi connectivity index (χ0n) is 24.3. The van der Waals surface area contributed by atoms with Crippen molar-refractivity contribution in [2.24, 2.45) is 11.8 Å². The number of nitrogens with one attached hydrogen (secondary N) is 1. The van der Waals surface area contributed by atoms with Gasteiger partial charge in [0.15, 0.2) is 0 Å². The summed E-state index contributed by atoms with van der Waals surface area (Å²) in [6, 6.07) is 3.89. The quantitative estimate of drug-likeness (QED) is 0.265. The van der Waals surface area contributed by atoms with E-state index in [0.717, 1.165) is 66.7 Å². The van der Waals surface area contributed by atoms with Gasteiger partial charge in [0.1, 0.15) is 5.82 Å². The highest BCUT2D eigenvalue weighted by atomic mass is 35.5. The molecule has 3 aliphatic rings. The van der Waals surface area contributed by atoms with Crippen molar-refractivity contribution in [2.75, 3.05) is 23.9 Å². The number of allylic oxidation sites excluding steroid dienone is 10. The first-order valence-electron chi connectivity index (χ1n) is 14.8. The summed E-state index contributed by atoms with van der Waals surface area (Å²) in [5.41, 5.74) is 6.16. The molecule has 1 heterocycles. The molecule has 1 aromatic rings. The van der Waals surface area contributed by atoms with E-state index in [1.165, 1.54) is 11.1 Å². The maximum atomic E-state index is 15.5. The van der Waals surface area contributed by atoms with Gasteiger partial charge in [0.05, 0.1) is 5.69 Å². The lowest BCUT2D eigenvalue weighted by Gasteiger charge is -2.35. The summed E-state index contributed by atoms with van der Waals surface area (Å²) >= 11 is 6.45. The molecule has 1 aliphatic heterocycles. The average molecular weight is 581 g/mol. The van der Waals surface area contributed by atoms with Crippen molar-refractivity contribution in [1.29, 1.82) is 0 Å². The molecule has 0 aromatic heterocycles. The predicted octanol–water partition coefficient (Wildman–Crippen LogP) is 9.03. The number of carbonyl (C=O) groups is 1. The fourth-order valence-corrected chi connectivity index (χ4v) is 7.54. The first-order valence-corrected chi connectivity index (χ1v) is 16.3. The topological polar surface area (TPSA) is 32.3 Å². The Labute approximate surface area is 246 Å². The molecule has 0 saturated carbocycles. The Morgan fingerprint density at radius 1 is 1.15 bits per heavy atom. The SMILES string of the molecule is CCCNC(=O)C1=CC=C(C(CCC)C(C2=CCC=C(Cl)C=C2)C2CN(PCC)c3c(F)cc(C)cc32)CC=C1. The summed E-state index contributed by atoms with van der Waals surface area (Å²) in [6.07, 6.45) is 22.3. The summed E-state index contributed by atoms with van der Waals surface area (Å²) < 4.78 is 17.8. The second-order valence-electron chi connectivity index (χ2n) is 10.9. The van der Waals surface area contributed by atoms with E-state index in [4.69, 9.17) is 11.6 Å². The van der Waals surface area contributed by atoms with Gasteiger partial charge in [-0.3, -0.25) is 4.79 Å². The standard InChI is InChI=1S/C34H43ClFN2OP/c1-5-10-28(24-11-8-13-26(16-15-24)34(39)37-19-6-2)32(25-12-9-14-27(35)18-17-25)30-22-38(40-7-3)33-29(30)20-23(4)21-31(33)36/h8,12-18,20-21,28,30,32,40H,5-7,9-11,19,22H2,1-4H3,(H,37,39). The number of amides is 1. The van der Waals surface area contributed by atoms with Crippen LogP contribution in [-0.2, 0) is 4.79 Å². The van der Waals surface area contributed by atoms with E-state index in [1.54, 1.807) is 6.07 Å². The highest BCUT2D eigenvalue weighted by Crippen LogP contribution is 2.52. The van der Waals surface area contributed by atoms with Crippen molar-refractivity contribution >= 4 is 31.9 Å². The molecule has 0 saturated heterocycles. The molecule has 0 spiro atoms. The van der Waals surface area contributed by atoms with Crippen molar-refractivity contribution in [3.05, 3.63) is 99.4 Å². The molecular weight excluding hydrogens is 538 g/mol. The molecule has 1 amide bonds. The van der Waals surface area contributed by atoms with Gasteiger partial charge in [-0.15, -0.1) is 0 Å². The summed E-state index contributed by atoms with van der Waals surface area (Å²) in [6.45, 7) is 9.94. The molecule has 0 bridgehead atoms. The molecule has 214 valence electrons. The first-order chi connectivity index (χ1) is 19.4. The van der Waals surface area contributed by atoms with Gasteiger partial charge in [0.25, 0.3) is 5.91 Å². The van der Waals surface area contributed by atoms with Crippen LogP contribution in [0.2, 0.25) is 0 Å². The minimum Gasteiger partial charge on any atom is -0.352 e. The summed E-state index contributed by atoms with van der Waals surface area (Å²) in [5, 5.41) is 3.76. The van der Waals surface area contributed by atoms with Gasteiger partial charge in [0, 0.05) is 29.6 Å². The van der Waals surface area contributed by atoms with Crippen LogP contribution < -0.4 is 9.99 Å². The second kappa shape index (κ2) is 14.5. The van der Waals surface area contributed by atoms with E-state index >= 15 is 4.39 Å². The van der Waals surface area contributed by atoms with Gasteiger partial charge in [-0.2, -0.15) is 0 Å². The Balaban J connectivity index is 1.82. The molecule has 4 rings (SSSR count). The van der Waals surface area contributed by atoms with Crippen LogP contribution in [0.15, 0.2) is 82.5 Å². The lowest BCUT2D eigenvalue weighted by Crippen LogP contribution is -2.28. The number of halogens is 2.